The van der Waals surface area contributed by atoms with Gasteiger partial charge in [-0.25, -0.2) is 4.98 Å². The van der Waals surface area contributed by atoms with Gasteiger partial charge in [-0.3, -0.25) is 14.5 Å². The molecular formula is C22H27N3O2S. The topological polar surface area (TPSA) is 53.5 Å². The lowest BCUT2D eigenvalue weighted by atomic mass is 10.1. The predicted octanol–water partition coefficient (Wildman–Crippen LogP) is 3.41. The van der Waals surface area contributed by atoms with E-state index in [0.717, 1.165) is 51.6 Å². The summed E-state index contributed by atoms with van der Waals surface area (Å²) in [5, 5.41) is 1.79. The van der Waals surface area contributed by atoms with E-state index in [4.69, 9.17) is 0 Å². The van der Waals surface area contributed by atoms with E-state index in [-0.39, 0.29) is 23.8 Å². The summed E-state index contributed by atoms with van der Waals surface area (Å²) in [6.45, 7) is 2.60. The van der Waals surface area contributed by atoms with Crippen molar-refractivity contribution >= 4 is 23.0 Å². The number of carbonyl (C=O) groups excluding carboxylic acids is 2. The van der Waals surface area contributed by atoms with Gasteiger partial charge in [0.25, 0.3) is 0 Å². The first kappa shape index (κ1) is 19.3. The van der Waals surface area contributed by atoms with E-state index < -0.39 is 0 Å². The summed E-state index contributed by atoms with van der Waals surface area (Å²) in [6, 6.07) is 10.1. The van der Waals surface area contributed by atoms with Gasteiger partial charge in [-0.1, -0.05) is 30.3 Å². The third kappa shape index (κ3) is 4.18. The Bertz CT molecular complexity index is 793. The number of benzene rings is 1. The Kier molecular flexibility index (Phi) is 6.17. The van der Waals surface area contributed by atoms with Crippen molar-refractivity contribution in [3.05, 3.63) is 52.5 Å². The Morgan fingerprint density at radius 1 is 1.07 bits per heavy atom. The molecule has 2 aliphatic rings. The molecule has 2 aromatic rings. The maximum absolute atomic E-state index is 13.3. The fraction of sp³-hybridized carbons (Fsp3) is 0.500. The third-order valence-corrected chi connectivity index (χ3v) is 6.51. The fourth-order valence-electron chi connectivity index (χ4n) is 4.50. The Labute approximate surface area is 170 Å². The van der Waals surface area contributed by atoms with Crippen molar-refractivity contribution < 1.29 is 9.59 Å². The number of likely N-dealkylation sites (tertiary alicyclic amines) is 2. The molecule has 0 unspecified atom stereocenters. The second-order valence-electron chi connectivity index (χ2n) is 7.71. The molecule has 0 bridgehead atoms. The standard InChI is InChI=1S/C22H27N3O2S/c26-21(18-15-28-16-23-18)19-10-6-14-25(19)22(27)20-11-5-13-24(20)12-4-9-17-7-2-1-3-8-17/h1-3,7-8,15-16,19-20H,4-6,9-14H2/t19-,20-/m0/s1. The fourth-order valence-corrected chi connectivity index (χ4v) is 5.04. The number of nitrogens with zero attached hydrogens (tertiary/aromatic N) is 3. The average molecular weight is 398 g/mol. The molecule has 2 saturated heterocycles. The van der Waals surface area contributed by atoms with Crippen molar-refractivity contribution in [1.29, 1.82) is 0 Å². The molecule has 4 rings (SSSR count). The summed E-state index contributed by atoms with van der Waals surface area (Å²) in [5.74, 6) is 0.143. The molecule has 148 valence electrons. The smallest absolute Gasteiger partial charge is 0.240 e. The highest BCUT2D eigenvalue weighted by Crippen LogP contribution is 2.27. The van der Waals surface area contributed by atoms with Crippen LogP contribution in [0, 0.1) is 0 Å². The van der Waals surface area contributed by atoms with Gasteiger partial charge in [0, 0.05) is 11.9 Å². The number of aromatic nitrogens is 1. The van der Waals surface area contributed by atoms with Crippen LogP contribution in [-0.2, 0) is 11.2 Å². The summed E-state index contributed by atoms with van der Waals surface area (Å²) in [5.41, 5.74) is 3.53. The monoisotopic (exact) mass is 397 g/mol. The van der Waals surface area contributed by atoms with Crippen LogP contribution < -0.4 is 0 Å². The predicted molar refractivity (Wildman–Crippen MR) is 111 cm³/mol. The van der Waals surface area contributed by atoms with Gasteiger partial charge < -0.3 is 4.90 Å². The maximum atomic E-state index is 13.3. The lowest BCUT2D eigenvalue weighted by molar-refractivity contribution is -0.136. The highest BCUT2D eigenvalue weighted by atomic mass is 32.1. The molecule has 2 aliphatic heterocycles. The van der Waals surface area contributed by atoms with Crippen molar-refractivity contribution in [2.45, 2.75) is 50.6 Å². The van der Waals surface area contributed by atoms with Gasteiger partial charge >= 0.3 is 0 Å². The van der Waals surface area contributed by atoms with Crippen molar-refractivity contribution in [3.8, 4) is 0 Å². The molecule has 28 heavy (non-hydrogen) atoms. The number of aryl methyl sites for hydroxylation is 1. The molecule has 1 amide bonds. The molecule has 0 N–H and O–H groups in total. The normalized spacial score (nSPS) is 22.6. The van der Waals surface area contributed by atoms with Crippen LogP contribution in [0.15, 0.2) is 41.2 Å². The van der Waals surface area contributed by atoms with Crippen LogP contribution in [0.3, 0.4) is 0 Å². The molecule has 2 fully saturated rings. The molecule has 0 spiro atoms. The number of amides is 1. The number of rotatable bonds is 7. The second-order valence-corrected chi connectivity index (χ2v) is 8.43. The molecule has 5 nitrogen and oxygen atoms in total. The number of thiazole rings is 1. The van der Waals surface area contributed by atoms with E-state index in [0.29, 0.717) is 12.2 Å². The first-order valence-corrected chi connectivity index (χ1v) is 11.2. The number of ketones is 1. The minimum atomic E-state index is -0.332. The highest BCUT2D eigenvalue weighted by molar-refractivity contribution is 7.07. The molecule has 3 heterocycles. The summed E-state index contributed by atoms with van der Waals surface area (Å²) < 4.78 is 0. The van der Waals surface area contributed by atoms with E-state index in [1.807, 2.05) is 11.0 Å². The van der Waals surface area contributed by atoms with Gasteiger partial charge in [0.15, 0.2) is 0 Å². The first-order chi connectivity index (χ1) is 13.7. The van der Waals surface area contributed by atoms with Gasteiger partial charge in [0.1, 0.15) is 5.69 Å². The lowest BCUT2D eigenvalue weighted by Crippen LogP contribution is -2.49. The van der Waals surface area contributed by atoms with Crippen molar-refractivity contribution in [1.82, 2.24) is 14.8 Å². The van der Waals surface area contributed by atoms with Gasteiger partial charge in [0.05, 0.1) is 17.6 Å². The zero-order chi connectivity index (χ0) is 19.3. The third-order valence-electron chi connectivity index (χ3n) is 5.93. The number of hydrogen-bond acceptors (Lipinski definition) is 5. The van der Waals surface area contributed by atoms with Crippen LogP contribution in [-0.4, -0.2) is 58.2 Å². The van der Waals surface area contributed by atoms with E-state index in [9.17, 15) is 9.59 Å². The quantitative estimate of drug-likeness (QED) is 0.672. The zero-order valence-electron chi connectivity index (χ0n) is 16.1. The number of carbonyl (C=O) groups is 2. The molecule has 2 atom stereocenters. The summed E-state index contributed by atoms with van der Waals surface area (Å²) in [7, 11) is 0. The molecular weight excluding hydrogens is 370 g/mol. The van der Waals surface area contributed by atoms with Crippen molar-refractivity contribution in [2.75, 3.05) is 19.6 Å². The van der Waals surface area contributed by atoms with Gasteiger partial charge in [-0.05, 0) is 57.2 Å². The van der Waals surface area contributed by atoms with E-state index >= 15 is 0 Å². The molecule has 0 radical (unpaired) electrons. The molecule has 6 heteroatoms. The van der Waals surface area contributed by atoms with Crippen LogP contribution in [0.4, 0.5) is 0 Å². The largest absolute Gasteiger partial charge is 0.331 e. The summed E-state index contributed by atoms with van der Waals surface area (Å²) >= 11 is 1.43. The zero-order valence-corrected chi connectivity index (χ0v) is 16.9. The SMILES string of the molecule is O=C(c1cscn1)[C@@H]1CCCN1C(=O)[C@@H]1CCCN1CCCc1ccccc1. The van der Waals surface area contributed by atoms with E-state index in [2.05, 4.69) is 34.1 Å². The van der Waals surface area contributed by atoms with Crippen LogP contribution in [0.25, 0.3) is 0 Å². The van der Waals surface area contributed by atoms with Crippen LogP contribution in [0.2, 0.25) is 0 Å². The van der Waals surface area contributed by atoms with Gasteiger partial charge in [-0.2, -0.15) is 0 Å². The summed E-state index contributed by atoms with van der Waals surface area (Å²) in [4.78, 5) is 34.4. The Morgan fingerprint density at radius 3 is 2.64 bits per heavy atom. The molecule has 0 aliphatic carbocycles. The Balaban J connectivity index is 1.36. The lowest BCUT2D eigenvalue weighted by Gasteiger charge is -2.30. The van der Waals surface area contributed by atoms with E-state index in [1.54, 1.807) is 10.9 Å². The van der Waals surface area contributed by atoms with Crippen LogP contribution >= 0.6 is 11.3 Å². The Hall–Kier alpha value is -2.05. The molecule has 1 aromatic heterocycles. The minimum absolute atomic E-state index is 0.000671. The van der Waals surface area contributed by atoms with Crippen molar-refractivity contribution in [3.63, 3.8) is 0 Å². The molecule has 1 aromatic carbocycles. The van der Waals surface area contributed by atoms with Crippen LogP contribution in [0.1, 0.15) is 48.2 Å². The Morgan fingerprint density at radius 2 is 1.86 bits per heavy atom. The average Bonchev–Trinajstić information content (AvgIpc) is 3.49. The van der Waals surface area contributed by atoms with Gasteiger partial charge in [-0.15, -0.1) is 11.3 Å². The molecule has 0 saturated carbocycles. The van der Waals surface area contributed by atoms with E-state index in [1.165, 1.54) is 16.9 Å². The maximum Gasteiger partial charge on any atom is 0.240 e. The number of hydrogen-bond donors (Lipinski definition) is 0. The van der Waals surface area contributed by atoms with Gasteiger partial charge in [0.2, 0.25) is 11.7 Å². The summed E-state index contributed by atoms with van der Waals surface area (Å²) in [6.07, 6.45) is 5.69. The highest BCUT2D eigenvalue weighted by Gasteiger charge is 2.40. The number of Topliss-reactive ketones (excluding diaryl/α,β-unsaturated/α-hetero) is 1. The second kappa shape index (κ2) is 8.97. The first-order valence-electron chi connectivity index (χ1n) is 10.2. The van der Waals surface area contributed by atoms with Crippen molar-refractivity contribution in [2.24, 2.45) is 0 Å². The van der Waals surface area contributed by atoms with Crippen LogP contribution in [0.5, 0.6) is 0 Å². The minimum Gasteiger partial charge on any atom is -0.331 e.